The zero-order chi connectivity index (χ0) is 10.8. The average molecular weight is 189 g/mol. The standard InChI is InChI=1S/C11H13N.C2H6/c1-3-4-5-8-11-10(2)7-6-9-12-11;1-2/h3-9H,1-2H3;1-2H3/b4-3+,8-5-;. The summed E-state index contributed by atoms with van der Waals surface area (Å²) in [4.78, 5) is 4.23. The number of rotatable bonds is 2. The molecule has 0 fully saturated rings. The summed E-state index contributed by atoms with van der Waals surface area (Å²) in [5, 5.41) is 0. The molecule has 1 rings (SSSR count). The van der Waals surface area contributed by atoms with Gasteiger partial charge >= 0.3 is 0 Å². The molecule has 0 saturated carbocycles. The third kappa shape index (κ3) is 4.61. The van der Waals surface area contributed by atoms with E-state index in [-0.39, 0.29) is 0 Å². The van der Waals surface area contributed by atoms with Gasteiger partial charge in [-0.15, -0.1) is 0 Å². The first-order valence-electron chi connectivity index (χ1n) is 5.05. The van der Waals surface area contributed by atoms with Crippen LogP contribution < -0.4 is 0 Å². The fourth-order valence-electron chi connectivity index (χ4n) is 0.930. The average Bonchev–Trinajstić information content (AvgIpc) is 2.24. The van der Waals surface area contributed by atoms with Gasteiger partial charge in [0.2, 0.25) is 0 Å². The van der Waals surface area contributed by atoms with Crippen molar-refractivity contribution in [2.75, 3.05) is 0 Å². The summed E-state index contributed by atoms with van der Waals surface area (Å²) in [6, 6.07) is 4.00. The lowest BCUT2D eigenvalue weighted by Gasteiger charge is -1.95. The summed E-state index contributed by atoms with van der Waals surface area (Å²) < 4.78 is 0. The molecule has 0 aliphatic carbocycles. The van der Waals surface area contributed by atoms with Crippen LogP contribution in [0.1, 0.15) is 32.0 Å². The zero-order valence-electron chi connectivity index (χ0n) is 9.49. The fraction of sp³-hybridized carbons (Fsp3) is 0.308. The molecule has 1 aromatic rings. The van der Waals surface area contributed by atoms with Gasteiger partial charge in [0.15, 0.2) is 0 Å². The molecule has 1 nitrogen and oxygen atoms in total. The molecule has 0 spiro atoms. The molecule has 0 unspecified atom stereocenters. The Kier molecular flexibility index (Phi) is 7.43. The molecule has 0 aliphatic rings. The molecule has 0 N–H and O–H groups in total. The fourth-order valence-corrected chi connectivity index (χ4v) is 0.930. The summed E-state index contributed by atoms with van der Waals surface area (Å²) in [5.74, 6) is 0. The molecule has 1 heterocycles. The molecular formula is C13H19N. The van der Waals surface area contributed by atoms with Gasteiger partial charge in [0, 0.05) is 6.20 Å². The van der Waals surface area contributed by atoms with Crippen LogP contribution in [-0.4, -0.2) is 4.98 Å². The summed E-state index contributed by atoms with van der Waals surface area (Å²) in [6.45, 7) is 8.05. The number of hydrogen-bond donors (Lipinski definition) is 0. The van der Waals surface area contributed by atoms with E-state index in [0.717, 1.165) is 5.69 Å². The largest absolute Gasteiger partial charge is 0.257 e. The van der Waals surface area contributed by atoms with E-state index in [1.54, 1.807) is 0 Å². The molecule has 1 heteroatoms. The van der Waals surface area contributed by atoms with Crippen LogP contribution in [0.5, 0.6) is 0 Å². The molecule has 0 amide bonds. The van der Waals surface area contributed by atoms with E-state index in [2.05, 4.69) is 18.0 Å². The predicted octanol–water partition coefficient (Wildman–Crippen LogP) is 4.01. The Morgan fingerprint density at radius 2 is 1.93 bits per heavy atom. The first-order chi connectivity index (χ1) is 6.84. The van der Waals surface area contributed by atoms with Crippen molar-refractivity contribution in [3.05, 3.63) is 47.8 Å². The maximum absolute atomic E-state index is 4.23. The van der Waals surface area contributed by atoms with Gasteiger partial charge in [0.05, 0.1) is 5.69 Å². The third-order valence-corrected chi connectivity index (χ3v) is 1.61. The summed E-state index contributed by atoms with van der Waals surface area (Å²) in [7, 11) is 0. The summed E-state index contributed by atoms with van der Waals surface area (Å²) >= 11 is 0. The van der Waals surface area contributed by atoms with E-state index in [9.17, 15) is 0 Å². The molecule has 0 radical (unpaired) electrons. The highest BCUT2D eigenvalue weighted by atomic mass is 14.7. The predicted molar refractivity (Wildman–Crippen MR) is 64.2 cm³/mol. The van der Waals surface area contributed by atoms with Crippen molar-refractivity contribution < 1.29 is 0 Å². The Labute approximate surface area is 87.2 Å². The maximum Gasteiger partial charge on any atom is 0.0658 e. The van der Waals surface area contributed by atoms with Crippen molar-refractivity contribution in [3.63, 3.8) is 0 Å². The second kappa shape index (κ2) is 8.24. The van der Waals surface area contributed by atoms with Crippen LogP contribution in [0.2, 0.25) is 0 Å². The minimum absolute atomic E-state index is 1.04. The van der Waals surface area contributed by atoms with Crippen molar-refractivity contribution in [1.82, 2.24) is 4.98 Å². The molecular weight excluding hydrogens is 170 g/mol. The van der Waals surface area contributed by atoms with Gasteiger partial charge in [-0.1, -0.05) is 38.1 Å². The second-order valence-corrected chi connectivity index (χ2v) is 2.59. The number of allylic oxidation sites excluding steroid dienone is 3. The number of aromatic nitrogens is 1. The lowest BCUT2D eigenvalue weighted by Crippen LogP contribution is -1.83. The van der Waals surface area contributed by atoms with Crippen LogP contribution in [-0.2, 0) is 0 Å². The van der Waals surface area contributed by atoms with Gasteiger partial charge < -0.3 is 0 Å². The van der Waals surface area contributed by atoms with Crippen LogP contribution in [0, 0.1) is 6.92 Å². The molecule has 1 aromatic heterocycles. The van der Waals surface area contributed by atoms with Crippen molar-refractivity contribution in [3.8, 4) is 0 Å². The minimum atomic E-state index is 1.04. The van der Waals surface area contributed by atoms with Crippen molar-refractivity contribution in [2.45, 2.75) is 27.7 Å². The van der Waals surface area contributed by atoms with Crippen molar-refractivity contribution in [1.29, 1.82) is 0 Å². The van der Waals surface area contributed by atoms with E-state index >= 15 is 0 Å². The van der Waals surface area contributed by atoms with Crippen molar-refractivity contribution in [2.24, 2.45) is 0 Å². The van der Waals surface area contributed by atoms with E-state index in [0.29, 0.717) is 0 Å². The third-order valence-electron chi connectivity index (χ3n) is 1.61. The summed E-state index contributed by atoms with van der Waals surface area (Å²) in [6.07, 6.45) is 9.80. The first kappa shape index (κ1) is 12.6. The topological polar surface area (TPSA) is 12.9 Å². The molecule has 0 saturated heterocycles. The van der Waals surface area contributed by atoms with Crippen LogP contribution in [0.4, 0.5) is 0 Å². The van der Waals surface area contributed by atoms with Crippen LogP contribution >= 0.6 is 0 Å². The Morgan fingerprint density at radius 1 is 1.21 bits per heavy atom. The number of pyridine rings is 1. The van der Waals surface area contributed by atoms with Crippen LogP contribution in [0.25, 0.3) is 6.08 Å². The molecule has 0 aromatic carbocycles. The van der Waals surface area contributed by atoms with E-state index in [4.69, 9.17) is 0 Å². The SMILES string of the molecule is C/C=C/C=C\c1ncccc1C.CC. The molecule has 0 aliphatic heterocycles. The van der Waals surface area contributed by atoms with Gasteiger partial charge in [-0.2, -0.15) is 0 Å². The molecule has 0 atom stereocenters. The maximum atomic E-state index is 4.23. The van der Waals surface area contributed by atoms with E-state index < -0.39 is 0 Å². The molecule has 14 heavy (non-hydrogen) atoms. The van der Waals surface area contributed by atoms with Gasteiger partial charge in [-0.3, -0.25) is 4.98 Å². The smallest absolute Gasteiger partial charge is 0.0658 e. The Morgan fingerprint density at radius 3 is 2.50 bits per heavy atom. The van der Waals surface area contributed by atoms with Gasteiger partial charge in [0.25, 0.3) is 0 Å². The highest BCUT2D eigenvalue weighted by Gasteiger charge is 1.90. The normalized spacial score (nSPS) is 10.3. The first-order valence-corrected chi connectivity index (χ1v) is 5.05. The number of hydrogen-bond acceptors (Lipinski definition) is 1. The summed E-state index contributed by atoms with van der Waals surface area (Å²) in [5.41, 5.74) is 2.24. The zero-order valence-corrected chi connectivity index (χ0v) is 9.49. The number of aryl methyl sites for hydroxylation is 1. The lowest BCUT2D eigenvalue weighted by molar-refractivity contribution is 1.24. The van der Waals surface area contributed by atoms with Gasteiger partial charge in [-0.25, -0.2) is 0 Å². The number of nitrogens with zero attached hydrogens (tertiary/aromatic N) is 1. The van der Waals surface area contributed by atoms with E-state index in [1.165, 1.54) is 5.56 Å². The van der Waals surface area contributed by atoms with Crippen LogP contribution in [0.15, 0.2) is 36.6 Å². The monoisotopic (exact) mass is 189 g/mol. The quantitative estimate of drug-likeness (QED) is 0.641. The lowest BCUT2D eigenvalue weighted by atomic mass is 10.2. The van der Waals surface area contributed by atoms with Gasteiger partial charge in [-0.05, 0) is 31.6 Å². The Bertz CT molecular complexity index is 298. The Hall–Kier alpha value is -1.37. The molecule has 0 bridgehead atoms. The minimum Gasteiger partial charge on any atom is -0.257 e. The highest BCUT2D eigenvalue weighted by Crippen LogP contribution is 2.04. The van der Waals surface area contributed by atoms with E-state index in [1.807, 2.05) is 57.3 Å². The van der Waals surface area contributed by atoms with Crippen molar-refractivity contribution >= 4 is 6.08 Å². The highest BCUT2D eigenvalue weighted by molar-refractivity contribution is 5.50. The second-order valence-electron chi connectivity index (χ2n) is 2.59. The van der Waals surface area contributed by atoms with Crippen LogP contribution in [0.3, 0.4) is 0 Å². The van der Waals surface area contributed by atoms with Gasteiger partial charge in [0.1, 0.15) is 0 Å². The molecule has 76 valence electrons. The Balaban J connectivity index is 0.000000791.